The van der Waals surface area contributed by atoms with E-state index in [1.54, 1.807) is 6.33 Å². The number of carbonyl (C=O) groups is 2. The Kier molecular flexibility index (Phi) is 10.2. The second kappa shape index (κ2) is 13.9. The highest BCUT2D eigenvalue weighted by Gasteiger charge is 2.30. The third-order valence-corrected chi connectivity index (χ3v) is 10.6. The van der Waals surface area contributed by atoms with Gasteiger partial charge in [0.25, 0.3) is 5.91 Å². The van der Waals surface area contributed by atoms with Gasteiger partial charge < -0.3 is 29.8 Å². The van der Waals surface area contributed by atoms with Crippen molar-refractivity contribution in [2.24, 2.45) is 11.7 Å². The van der Waals surface area contributed by atoms with Gasteiger partial charge in [-0.15, -0.1) is 0 Å². The van der Waals surface area contributed by atoms with E-state index >= 15 is 0 Å². The summed E-state index contributed by atoms with van der Waals surface area (Å²) in [5, 5.41) is 3.23. The molecule has 2 amide bonds. The minimum Gasteiger partial charge on any atom is -0.493 e. The molecule has 45 heavy (non-hydrogen) atoms. The van der Waals surface area contributed by atoms with Gasteiger partial charge in [-0.1, -0.05) is 39.6 Å². The van der Waals surface area contributed by atoms with Crippen LogP contribution in [0.1, 0.15) is 79.9 Å². The van der Waals surface area contributed by atoms with Crippen molar-refractivity contribution in [2.45, 2.75) is 110 Å². The van der Waals surface area contributed by atoms with E-state index in [0.29, 0.717) is 61.8 Å². The van der Waals surface area contributed by atoms with Crippen molar-refractivity contribution < 1.29 is 23.8 Å². The first-order chi connectivity index (χ1) is 21.4. The number of carbonyl (C=O) groups excluding carboxylic acids is 2. The Bertz CT molecular complexity index is 1520. The maximum atomic E-state index is 14.0. The van der Waals surface area contributed by atoms with Crippen LogP contribution in [0.3, 0.4) is 0 Å². The molecule has 2 heterocycles. The molecule has 2 aliphatic carbocycles. The Balaban J connectivity index is 1.52. The molecule has 2 saturated carbocycles. The number of hydrogen-bond donors (Lipinski definition) is 2. The Morgan fingerprint density at radius 3 is 2.47 bits per heavy atom. The molecule has 2 fully saturated rings. The number of primary amides is 1. The van der Waals surface area contributed by atoms with Crippen molar-refractivity contribution >= 4 is 31.1 Å². The third-order valence-electron chi connectivity index (χ3n) is 8.93. The van der Waals surface area contributed by atoms with E-state index in [1.165, 1.54) is 18.4 Å². The molecule has 1 aromatic carbocycles. The molecule has 3 aromatic rings. The van der Waals surface area contributed by atoms with Crippen molar-refractivity contribution in [3.8, 4) is 17.0 Å². The summed E-state index contributed by atoms with van der Waals surface area (Å²) in [5.41, 5.74) is 10.7. The molecule has 5 rings (SSSR count). The number of amides is 2. The molecule has 0 saturated heterocycles. The van der Waals surface area contributed by atoms with Crippen LogP contribution in [-0.4, -0.2) is 60.0 Å². The van der Waals surface area contributed by atoms with Crippen LogP contribution in [0.15, 0.2) is 24.5 Å². The molecule has 0 spiro atoms. The molecule has 2 aromatic heterocycles. The van der Waals surface area contributed by atoms with Crippen molar-refractivity contribution in [1.82, 2.24) is 19.9 Å². The number of aromatic nitrogens is 3. The molecule has 0 atom stereocenters. The van der Waals surface area contributed by atoms with Gasteiger partial charge in [0.15, 0.2) is 0 Å². The van der Waals surface area contributed by atoms with Crippen LogP contribution in [0.5, 0.6) is 5.75 Å². The number of benzene rings is 1. The van der Waals surface area contributed by atoms with Gasteiger partial charge in [0, 0.05) is 32.0 Å². The fourth-order valence-corrected chi connectivity index (χ4v) is 6.67. The molecule has 2 aliphatic rings. The molecule has 0 aliphatic heterocycles. The average molecular weight is 636 g/mol. The number of fused-ring (bicyclic) bond motifs is 1. The summed E-state index contributed by atoms with van der Waals surface area (Å²) in [6.45, 7) is 14.9. The van der Waals surface area contributed by atoms with E-state index in [1.807, 2.05) is 11.5 Å². The Morgan fingerprint density at radius 2 is 1.82 bits per heavy atom. The van der Waals surface area contributed by atoms with Gasteiger partial charge in [0.1, 0.15) is 36.1 Å². The molecule has 0 bridgehead atoms. The van der Waals surface area contributed by atoms with Crippen LogP contribution in [-0.2, 0) is 16.2 Å². The molecule has 10 nitrogen and oxygen atoms in total. The number of nitrogens with two attached hydrogens (primary N) is 1. The monoisotopic (exact) mass is 635 g/mol. The maximum absolute atomic E-state index is 14.0. The van der Waals surface area contributed by atoms with Gasteiger partial charge >= 0.3 is 6.09 Å². The largest absolute Gasteiger partial charge is 0.493 e. The van der Waals surface area contributed by atoms with Crippen LogP contribution in [0, 0.1) is 12.8 Å². The van der Waals surface area contributed by atoms with Crippen molar-refractivity contribution in [2.75, 3.05) is 13.2 Å². The summed E-state index contributed by atoms with van der Waals surface area (Å²) in [4.78, 5) is 34.7. The molecule has 0 radical (unpaired) electrons. The molecule has 0 unspecified atom stereocenters. The maximum Gasteiger partial charge on any atom is 0.404 e. The minimum atomic E-state index is -1.29. The molecule has 11 heteroatoms. The fourth-order valence-electron chi connectivity index (χ4n) is 5.91. The number of rotatable bonds is 13. The quantitative estimate of drug-likeness (QED) is 0.157. The smallest absolute Gasteiger partial charge is 0.404 e. The van der Waals surface area contributed by atoms with Gasteiger partial charge in [-0.3, -0.25) is 4.79 Å². The highest BCUT2D eigenvalue weighted by atomic mass is 28.3. The average Bonchev–Trinajstić information content (AvgIpc) is 3.76. The molecule has 244 valence electrons. The highest BCUT2D eigenvalue weighted by Crippen LogP contribution is 2.39. The van der Waals surface area contributed by atoms with E-state index in [9.17, 15) is 9.59 Å². The van der Waals surface area contributed by atoms with Crippen molar-refractivity contribution in [1.29, 1.82) is 0 Å². The summed E-state index contributed by atoms with van der Waals surface area (Å²) in [6, 6.07) is 7.35. The van der Waals surface area contributed by atoms with Gasteiger partial charge in [-0.25, -0.2) is 14.8 Å². The first kappa shape index (κ1) is 32.9. The van der Waals surface area contributed by atoms with Crippen molar-refractivity contribution in [3.63, 3.8) is 0 Å². The zero-order valence-corrected chi connectivity index (χ0v) is 28.7. The SMILES string of the molecule is Cc1c(C(=O)NC2CCC(OC(N)=O)CC2)c2ncnc(-c3cc(C(C)C)ccc3OCC3CC3)c2n1COCC[Si](C)(C)C. The van der Waals surface area contributed by atoms with Crippen LogP contribution in [0.25, 0.3) is 22.3 Å². The predicted octanol–water partition coefficient (Wildman–Crippen LogP) is 6.77. The van der Waals surface area contributed by atoms with E-state index in [-0.39, 0.29) is 24.8 Å². The normalized spacial score (nSPS) is 18.7. The third kappa shape index (κ3) is 8.24. The standard InChI is InChI=1S/C34H49N5O5Si/c1-21(2)24-9-14-28(43-18-23-7-8-23)27(17-24)30-32-31(37-19-36-30)29(22(3)39(32)20-42-15-16-45(4,5)6)33(40)38-25-10-12-26(13-11-25)44-34(35)41/h9,14,17,19,21,23,25-26H,7-8,10-13,15-16,18,20H2,1-6H3,(H2,35,41)(H,38,40). The summed E-state index contributed by atoms with van der Waals surface area (Å²) >= 11 is 0. The number of nitrogens with zero attached hydrogens (tertiary/aromatic N) is 3. The van der Waals surface area contributed by atoms with E-state index in [0.717, 1.165) is 34.3 Å². The lowest BCUT2D eigenvalue weighted by Crippen LogP contribution is -2.40. The summed E-state index contributed by atoms with van der Waals surface area (Å²) in [5.74, 6) is 1.54. The Morgan fingerprint density at radius 1 is 1.09 bits per heavy atom. The fraction of sp³-hybridized carbons (Fsp3) is 0.588. The lowest BCUT2D eigenvalue weighted by Gasteiger charge is -2.28. The van der Waals surface area contributed by atoms with Gasteiger partial charge in [-0.05, 0) is 81.0 Å². The topological polar surface area (TPSA) is 131 Å². The lowest BCUT2D eigenvalue weighted by atomic mass is 9.92. The van der Waals surface area contributed by atoms with Crippen LogP contribution < -0.4 is 15.8 Å². The first-order valence-electron chi connectivity index (χ1n) is 16.4. The predicted molar refractivity (Wildman–Crippen MR) is 178 cm³/mol. The lowest BCUT2D eigenvalue weighted by molar-refractivity contribution is 0.0709. The van der Waals surface area contributed by atoms with Gasteiger partial charge in [0.05, 0.1) is 17.7 Å². The van der Waals surface area contributed by atoms with Crippen LogP contribution in [0.2, 0.25) is 25.7 Å². The van der Waals surface area contributed by atoms with Crippen molar-refractivity contribution in [3.05, 3.63) is 41.3 Å². The van der Waals surface area contributed by atoms with Crippen LogP contribution >= 0.6 is 0 Å². The first-order valence-corrected chi connectivity index (χ1v) is 20.1. The minimum absolute atomic E-state index is 0.0394. The summed E-state index contributed by atoms with van der Waals surface area (Å²) in [6.07, 6.45) is 5.69. The Hall–Kier alpha value is -3.44. The number of nitrogens with one attached hydrogen (secondary N) is 1. The zero-order chi connectivity index (χ0) is 32.3. The Labute approximate surface area is 267 Å². The number of hydrogen-bond acceptors (Lipinski definition) is 7. The van der Waals surface area contributed by atoms with E-state index < -0.39 is 14.2 Å². The summed E-state index contributed by atoms with van der Waals surface area (Å²) in [7, 11) is -1.29. The zero-order valence-electron chi connectivity index (χ0n) is 27.7. The van der Waals surface area contributed by atoms with E-state index in [4.69, 9.17) is 29.9 Å². The second-order valence-corrected chi connectivity index (χ2v) is 19.8. The van der Waals surface area contributed by atoms with E-state index in [2.05, 4.69) is 57.0 Å². The molecule has 3 N–H and O–H groups in total. The van der Waals surface area contributed by atoms with Gasteiger partial charge in [0.2, 0.25) is 0 Å². The molecular weight excluding hydrogens is 586 g/mol. The van der Waals surface area contributed by atoms with Gasteiger partial charge in [-0.2, -0.15) is 0 Å². The second-order valence-electron chi connectivity index (χ2n) is 14.2. The molecular formula is C34H49N5O5Si. The highest BCUT2D eigenvalue weighted by molar-refractivity contribution is 6.76. The summed E-state index contributed by atoms with van der Waals surface area (Å²) < 4.78 is 19.9. The van der Waals surface area contributed by atoms with Crippen LogP contribution in [0.4, 0.5) is 4.79 Å². The number of ether oxygens (including phenoxy) is 3.